The lowest BCUT2D eigenvalue weighted by Gasteiger charge is -2.37. The number of hydrogen-bond donors (Lipinski definition) is 1. The zero-order valence-electron chi connectivity index (χ0n) is 12.4. The number of rotatable bonds is 5. The second-order valence-corrected chi connectivity index (χ2v) is 7.10. The molecule has 1 N–H and O–H groups in total. The Labute approximate surface area is 117 Å². The van der Waals surface area contributed by atoms with Gasteiger partial charge in [-0.05, 0) is 54.7 Å². The van der Waals surface area contributed by atoms with Crippen LogP contribution in [0, 0.1) is 5.92 Å². The molecule has 104 valence electrons. The molecule has 1 fully saturated rings. The summed E-state index contributed by atoms with van der Waals surface area (Å²) in [5, 5.41) is 3.80. The first-order valence-electron chi connectivity index (χ1n) is 7.99. The molecule has 1 nitrogen and oxygen atoms in total. The smallest absolute Gasteiger partial charge is 0.0323 e. The largest absolute Gasteiger partial charge is 0.310 e. The molecular formula is C18H27N. The molecule has 19 heavy (non-hydrogen) atoms. The zero-order valence-corrected chi connectivity index (χ0v) is 12.4. The Morgan fingerprint density at radius 2 is 1.95 bits per heavy atom. The predicted molar refractivity (Wildman–Crippen MR) is 81.4 cm³/mol. The van der Waals surface area contributed by atoms with Crippen LogP contribution in [0.2, 0.25) is 0 Å². The van der Waals surface area contributed by atoms with Crippen LogP contribution in [-0.2, 0) is 5.41 Å². The molecule has 0 radical (unpaired) electrons. The van der Waals surface area contributed by atoms with Crippen molar-refractivity contribution in [3.05, 3.63) is 35.4 Å². The van der Waals surface area contributed by atoms with E-state index in [2.05, 4.69) is 43.4 Å². The maximum Gasteiger partial charge on any atom is 0.0323 e. The van der Waals surface area contributed by atoms with Gasteiger partial charge in [-0.3, -0.25) is 0 Å². The van der Waals surface area contributed by atoms with E-state index < -0.39 is 0 Å². The third-order valence-corrected chi connectivity index (χ3v) is 5.00. The van der Waals surface area contributed by atoms with Crippen LogP contribution < -0.4 is 5.32 Å². The van der Waals surface area contributed by atoms with Gasteiger partial charge in [0.05, 0.1) is 0 Å². The van der Waals surface area contributed by atoms with Crippen molar-refractivity contribution in [1.29, 1.82) is 0 Å². The highest BCUT2D eigenvalue weighted by molar-refractivity contribution is 5.38. The Kier molecular flexibility index (Phi) is 3.66. The molecule has 2 aliphatic rings. The van der Waals surface area contributed by atoms with E-state index in [1.165, 1.54) is 45.1 Å². The molecule has 0 heterocycles. The fraction of sp³-hybridized carbons (Fsp3) is 0.667. The summed E-state index contributed by atoms with van der Waals surface area (Å²) >= 11 is 0. The number of hydrogen-bond acceptors (Lipinski definition) is 1. The lowest BCUT2D eigenvalue weighted by molar-refractivity contribution is 0.356. The van der Waals surface area contributed by atoms with Crippen molar-refractivity contribution >= 4 is 0 Å². The first kappa shape index (κ1) is 13.2. The van der Waals surface area contributed by atoms with Crippen LogP contribution in [0.15, 0.2) is 24.3 Å². The molecule has 0 saturated heterocycles. The molecule has 2 aliphatic carbocycles. The van der Waals surface area contributed by atoms with Gasteiger partial charge in [-0.2, -0.15) is 0 Å². The van der Waals surface area contributed by atoms with Gasteiger partial charge < -0.3 is 5.32 Å². The van der Waals surface area contributed by atoms with Crippen molar-refractivity contribution in [2.24, 2.45) is 5.92 Å². The summed E-state index contributed by atoms with van der Waals surface area (Å²) in [5.74, 6) is 1.07. The SMILES string of the molecule is CC1(C)CCC(NCCCC2CC2)c2ccccc21. The Bertz CT molecular complexity index is 431. The molecule has 1 heteroatoms. The molecule has 1 unspecified atom stereocenters. The van der Waals surface area contributed by atoms with Gasteiger partial charge in [0.15, 0.2) is 0 Å². The average molecular weight is 257 g/mol. The average Bonchev–Trinajstić information content (AvgIpc) is 3.21. The van der Waals surface area contributed by atoms with Crippen molar-refractivity contribution in [1.82, 2.24) is 5.32 Å². The van der Waals surface area contributed by atoms with Gasteiger partial charge >= 0.3 is 0 Å². The summed E-state index contributed by atoms with van der Waals surface area (Å²) in [6, 6.07) is 9.63. The summed E-state index contributed by atoms with van der Waals surface area (Å²) in [4.78, 5) is 0. The van der Waals surface area contributed by atoms with Gasteiger partial charge in [0.2, 0.25) is 0 Å². The van der Waals surface area contributed by atoms with Crippen LogP contribution in [0.25, 0.3) is 0 Å². The van der Waals surface area contributed by atoms with Crippen molar-refractivity contribution in [3.8, 4) is 0 Å². The molecule has 0 spiro atoms. The van der Waals surface area contributed by atoms with Crippen LogP contribution in [0.1, 0.15) is 69.5 Å². The van der Waals surface area contributed by atoms with E-state index in [4.69, 9.17) is 0 Å². The summed E-state index contributed by atoms with van der Waals surface area (Å²) < 4.78 is 0. The van der Waals surface area contributed by atoms with Crippen molar-refractivity contribution in [3.63, 3.8) is 0 Å². The third-order valence-electron chi connectivity index (χ3n) is 5.00. The highest BCUT2D eigenvalue weighted by atomic mass is 14.9. The molecule has 1 saturated carbocycles. The van der Waals surface area contributed by atoms with Crippen molar-refractivity contribution < 1.29 is 0 Å². The molecule has 3 rings (SSSR count). The van der Waals surface area contributed by atoms with Crippen LogP contribution in [0.3, 0.4) is 0 Å². The predicted octanol–water partition coefficient (Wildman–Crippen LogP) is 4.58. The first-order valence-corrected chi connectivity index (χ1v) is 7.99. The van der Waals surface area contributed by atoms with E-state index in [-0.39, 0.29) is 0 Å². The van der Waals surface area contributed by atoms with E-state index in [0.717, 1.165) is 5.92 Å². The summed E-state index contributed by atoms with van der Waals surface area (Å²) in [6.07, 6.45) is 8.35. The molecule has 1 atom stereocenters. The van der Waals surface area contributed by atoms with E-state index in [1.54, 1.807) is 11.1 Å². The Balaban J connectivity index is 1.62. The van der Waals surface area contributed by atoms with Crippen LogP contribution in [-0.4, -0.2) is 6.54 Å². The molecular weight excluding hydrogens is 230 g/mol. The first-order chi connectivity index (χ1) is 9.17. The minimum absolute atomic E-state index is 0.350. The summed E-state index contributed by atoms with van der Waals surface area (Å²) in [5.41, 5.74) is 3.45. The lowest BCUT2D eigenvalue weighted by Crippen LogP contribution is -2.33. The maximum absolute atomic E-state index is 3.80. The van der Waals surface area contributed by atoms with Crippen LogP contribution >= 0.6 is 0 Å². The second kappa shape index (κ2) is 5.28. The van der Waals surface area contributed by atoms with Gasteiger partial charge in [-0.25, -0.2) is 0 Å². The van der Waals surface area contributed by atoms with Crippen LogP contribution in [0.5, 0.6) is 0 Å². The Hall–Kier alpha value is -0.820. The minimum Gasteiger partial charge on any atom is -0.310 e. The quantitative estimate of drug-likeness (QED) is 0.761. The maximum atomic E-state index is 3.80. The highest BCUT2D eigenvalue weighted by Crippen LogP contribution is 2.41. The van der Waals surface area contributed by atoms with Crippen LogP contribution in [0.4, 0.5) is 0 Å². The Morgan fingerprint density at radius 1 is 1.16 bits per heavy atom. The second-order valence-electron chi connectivity index (χ2n) is 7.10. The third kappa shape index (κ3) is 3.02. The van der Waals surface area contributed by atoms with Gasteiger partial charge in [-0.1, -0.05) is 51.0 Å². The normalized spacial score (nSPS) is 25.1. The molecule has 0 aliphatic heterocycles. The molecule has 0 bridgehead atoms. The Morgan fingerprint density at radius 3 is 2.74 bits per heavy atom. The van der Waals surface area contributed by atoms with Gasteiger partial charge in [0, 0.05) is 6.04 Å². The van der Waals surface area contributed by atoms with E-state index in [0.29, 0.717) is 11.5 Å². The zero-order chi connectivity index (χ0) is 13.3. The lowest BCUT2D eigenvalue weighted by atomic mass is 9.71. The van der Waals surface area contributed by atoms with Crippen molar-refractivity contribution in [2.45, 2.75) is 63.8 Å². The number of fused-ring (bicyclic) bond motifs is 1. The fourth-order valence-electron chi connectivity index (χ4n) is 3.50. The van der Waals surface area contributed by atoms with Gasteiger partial charge in [0.25, 0.3) is 0 Å². The van der Waals surface area contributed by atoms with E-state index >= 15 is 0 Å². The molecule has 0 amide bonds. The van der Waals surface area contributed by atoms with E-state index in [9.17, 15) is 0 Å². The molecule has 1 aromatic carbocycles. The molecule has 1 aromatic rings. The summed E-state index contributed by atoms with van der Waals surface area (Å²) in [7, 11) is 0. The van der Waals surface area contributed by atoms with E-state index in [1.807, 2.05) is 0 Å². The number of benzene rings is 1. The highest BCUT2D eigenvalue weighted by Gasteiger charge is 2.31. The van der Waals surface area contributed by atoms with Crippen molar-refractivity contribution in [2.75, 3.05) is 6.54 Å². The standard InChI is InChI=1S/C18H27N/c1-18(2)12-11-17(15-7-3-4-8-16(15)18)19-13-5-6-14-9-10-14/h3-4,7-8,14,17,19H,5-6,9-13H2,1-2H3. The molecule has 0 aromatic heterocycles. The topological polar surface area (TPSA) is 12.0 Å². The summed E-state index contributed by atoms with van der Waals surface area (Å²) in [6.45, 7) is 5.96. The van der Waals surface area contributed by atoms with Gasteiger partial charge in [-0.15, -0.1) is 0 Å². The fourth-order valence-corrected chi connectivity index (χ4v) is 3.50. The number of nitrogens with one attached hydrogen (secondary N) is 1. The van der Waals surface area contributed by atoms with Gasteiger partial charge in [0.1, 0.15) is 0 Å². The minimum atomic E-state index is 0.350. The monoisotopic (exact) mass is 257 g/mol.